The van der Waals surface area contributed by atoms with Crippen LogP contribution in [-0.4, -0.2) is 23.4 Å². The molecule has 0 aromatic rings. The van der Waals surface area contributed by atoms with Gasteiger partial charge in [-0.2, -0.15) is 5.26 Å². The first kappa shape index (κ1) is 9.25. The fourth-order valence-electron chi connectivity index (χ4n) is 0.574. The molecule has 56 valence electrons. The van der Waals surface area contributed by atoms with E-state index >= 15 is 0 Å². The lowest BCUT2D eigenvalue weighted by Crippen LogP contribution is -2.31. The Morgan fingerprint density at radius 1 is 1.90 bits per heavy atom. The van der Waals surface area contributed by atoms with Crippen molar-refractivity contribution in [1.29, 1.82) is 5.26 Å². The molecule has 0 aliphatic carbocycles. The summed E-state index contributed by atoms with van der Waals surface area (Å²) in [6.07, 6.45) is 0.603. The van der Waals surface area contributed by atoms with E-state index in [1.807, 2.05) is 13.0 Å². The minimum absolute atomic E-state index is 0.398. The van der Waals surface area contributed by atoms with Crippen LogP contribution in [0.5, 0.6) is 0 Å². The maximum Gasteiger partial charge on any atom is 0.317 e. The first-order chi connectivity index (χ1) is 4.63. The van der Waals surface area contributed by atoms with Crippen LogP contribution in [0.25, 0.3) is 0 Å². The Bertz CT molecular complexity index is 164. The van der Waals surface area contributed by atoms with E-state index in [9.17, 15) is 4.79 Å². The zero-order valence-electron chi connectivity index (χ0n) is 5.97. The zero-order valence-corrected chi connectivity index (χ0v) is 6.72. The Hall–Kier alpha value is -0.750. The topological polar surface area (TPSA) is 44.1 Å². The number of rotatable bonds is 2. The van der Waals surface area contributed by atoms with E-state index in [1.54, 1.807) is 0 Å². The third kappa shape index (κ3) is 2.24. The quantitative estimate of drug-likeness (QED) is 0.455. The van der Waals surface area contributed by atoms with Gasteiger partial charge in [-0.3, -0.25) is 4.79 Å². The van der Waals surface area contributed by atoms with Gasteiger partial charge in [0.05, 0.1) is 6.07 Å². The lowest BCUT2D eigenvalue weighted by molar-refractivity contribution is 0.223. The first-order valence-corrected chi connectivity index (χ1v) is 3.33. The standard InChI is InChI=1S/C6H9ClN2O/c1-3-5(4-8)9(2)6(7)10/h5H,3H2,1-2H3. The summed E-state index contributed by atoms with van der Waals surface area (Å²) in [4.78, 5) is 11.7. The van der Waals surface area contributed by atoms with Gasteiger partial charge in [0, 0.05) is 7.05 Å². The van der Waals surface area contributed by atoms with Crippen molar-refractivity contribution < 1.29 is 4.79 Å². The summed E-state index contributed by atoms with van der Waals surface area (Å²) in [5, 5.41) is 7.85. The van der Waals surface area contributed by atoms with E-state index in [0.717, 1.165) is 0 Å². The predicted octanol–water partition coefficient (Wildman–Crippen LogP) is 1.58. The Balaban J connectivity index is 4.05. The number of amides is 1. The molecule has 1 unspecified atom stereocenters. The average Bonchev–Trinajstić information content (AvgIpc) is 1.90. The molecule has 1 amide bonds. The zero-order chi connectivity index (χ0) is 8.15. The number of carbonyl (C=O) groups is 1. The van der Waals surface area contributed by atoms with E-state index in [2.05, 4.69) is 0 Å². The molecule has 0 aromatic carbocycles. The van der Waals surface area contributed by atoms with Crippen LogP contribution in [0.3, 0.4) is 0 Å². The van der Waals surface area contributed by atoms with Gasteiger partial charge in [0.2, 0.25) is 0 Å². The Labute approximate surface area is 65.2 Å². The van der Waals surface area contributed by atoms with Gasteiger partial charge in [-0.15, -0.1) is 0 Å². The van der Waals surface area contributed by atoms with Gasteiger partial charge in [-0.1, -0.05) is 6.92 Å². The van der Waals surface area contributed by atoms with Crippen LogP contribution >= 0.6 is 11.6 Å². The van der Waals surface area contributed by atoms with Crippen LogP contribution in [0.1, 0.15) is 13.3 Å². The van der Waals surface area contributed by atoms with Crippen LogP contribution in [-0.2, 0) is 0 Å². The Morgan fingerprint density at radius 3 is 2.50 bits per heavy atom. The summed E-state index contributed by atoms with van der Waals surface area (Å²) in [5.74, 6) is 0. The molecular weight excluding hydrogens is 152 g/mol. The Kier molecular flexibility index (Phi) is 3.82. The van der Waals surface area contributed by atoms with Crippen LogP contribution < -0.4 is 0 Å². The SMILES string of the molecule is CCC(C#N)N(C)C(=O)Cl. The van der Waals surface area contributed by atoms with Gasteiger partial charge >= 0.3 is 5.37 Å². The highest BCUT2D eigenvalue weighted by molar-refractivity contribution is 6.62. The monoisotopic (exact) mass is 160 g/mol. The van der Waals surface area contributed by atoms with Crippen molar-refractivity contribution in [2.75, 3.05) is 7.05 Å². The van der Waals surface area contributed by atoms with Gasteiger partial charge in [-0.05, 0) is 18.0 Å². The fourth-order valence-corrected chi connectivity index (χ4v) is 0.692. The summed E-state index contributed by atoms with van der Waals surface area (Å²) in [7, 11) is 1.51. The molecule has 0 spiro atoms. The highest BCUT2D eigenvalue weighted by Crippen LogP contribution is 2.02. The van der Waals surface area contributed by atoms with Crippen LogP contribution in [0.4, 0.5) is 4.79 Å². The highest BCUT2D eigenvalue weighted by atomic mass is 35.5. The van der Waals surface area contributed by atoms with Gasteiger partial charge in [0.15, 0.2) is 0 Å². The van der Waals surface area contributed by atoms with Gasteiger partial charge in [0.1, 0.15) is 6.04 Å². The normalized spacial score (nSPS) is 11.8. The third-order valence-electron chi connectivity index (χ3n) is 1.28. The van der Waals surface area contributed by atoms with Crippen molar-refractivity contribution in [1.82, 2.24) is 4.90 Å². The largest absolute Gasteiger partial charge is 0.317 e. The van der Waals surface area contributed by atoms with E-state index in [0.29, 0.717) is 6.42 Å². The lowest BCUT2D eigenvalue weighted by atomic mass is 10.2. The highest BCUT2D eigenvalue weighted by Gasteiger charge is 2.14. The summed E-state index contributed by atoms with van der Waals surface area (Å²) in [6, 6.07) is 1.56. The summed E-state index contributed by atoms with van der Waals surface area (Å²) in [5.41, 5.74) is 0. The number of halogens is 1. The van der Waals surface area contributed by atoms with Gasteiger partial charge in [0.25, 0.3) is 0 Å². The maximum absolute atomic E-state index is 10.4. The number of hydrogen-bond donors (Lipinski definition) is 0. The number of nitriles is 1. The van der Waals surface area contributed by atoms with Crippen molar-refractivity contribution in [3.05, 3.63) is 0 Å². The molecule has 1 atom stereocenters. The molecule has 0 aromatic heterocycles. The molecule has 0 aliphatic rings. The molecule has 4 heteroatoms. The van der Waals surface area contributed by atoms with Gasteiger partial charge in [-0.25, -0.2) is 0 Å². The molecule has 0 fully saturated rings. The van der Waals surface area contributed by atoms with E-state index in [4.69, 9.17) is 16.9 Å². The first-order valence-electron chi connectivity index (χ1n) is 2.95. The molecule has 0 radical (unpaired) electrons. The number of carbonyl (C=O) groups excluding carboxylic acids is 1. The molecule has 0 bridgehead atoms. The van der Waals surface area contributed by atoms with Crippen molar-refractivity contribution in [3.8, 4) is 6.07 Å². The summed E-state index contributed by atoms with van der Waals surface area (Å²) >= 11 is 5.12. The average molecular weight is 161 g/mol. The molecular formula is C6H9ClN2O. The second kappa shape index (κ2) is 4.13. The van der Waals surface area contributed by atoms with Gasteiger partial charge < -0.3 is 4.90 Å². The van der Waals surface area contributed by atoms with Crippen LogP contribution in [0.15, 0.2) is 0 Å². The third-order valence-corrected chi connectivity index (χ3v) is 1.55. The smallest absolute Gasteiger partial charge is 0.316 e. The van der Waals surface area contributed by atoms with Crippen molar-refractivity contribution in [2.45, 2.75) is 19.4 Å². The second-order valence-electron chi connectivity index (χ2n) is 1.92. The maximum atomic E-state index is 10.4. The Morgan fingerprint density at radius 2 is 2.40 bits per heavy atom. The molecule has 0 heterocycles. The van der Waals surface area contributed by atoms with E-state index in [-0.39, 0.29) is 0 Å². The predicted molar refractivity (Wildman–Crippen MR) is 38.7 cm³/mol. The molecule has 0 rings (SSSR count). The molecule has 0 aliphatic heterocycles. The second-order valence-corrected chi connectivity index (χ2v) is 2.24. The summed E-state index contributed by atoms with van der Waals surface area (Å²) in [6.45, 7) is 1.82. The molecule has 10 heavy (non-hydrogen) atoms. The number of nitrogens with zero attached hydrogens (tertiary/aromatic N) is 2. The molecule has 0 saturated heterocycles. The molecule has 0 saturated carbocycles. The van der Waals surface area contributed by atoms with Crippen molar-refractivity contribution in [2.24, 2.45) is 0 Å². The fraction of sp³-hybridized carbons (Fsp3) is 0.667. The number of hydrogen-bond acceptors (Lipinski definition) is 2. The minimum Gasteiger partial charge on any atom is -0.316 e. The molecule has 0 N–H and O–H groups in total. The van der Waals surface area contributed by atoms with Crippen molar-refractivity contribution in [3.63, 3.8) is 0 Å². The molecule has 3 nitrogen and oxygen atoms in total. The van der Waals surface area contributed by atoms with Crippen molar-refractivity contribution >= 4 is 17.0 Å². The van der Waals surface area contributed by atoms with Crippen LogP contribution in [0.2, 0.25) is 0 Å². The van der Waals surface area contributed by atoms with E-state index < -0.39 is 11.4 Å². The summed E-state index contributed by atoms with van der Waals surface area (Å²) < 4.78 is 0. The van der Waals surface area contributed by atoms with E-state index in [1.165, 1.54) is 11.9 Å². The lowest BCUT2D eigenvalue weighted by Gasteiger charge is -2.17. The minimum atomic E-state index is -0.589. The van der Waals surface area contributed by atoms with Crippen LogP contribution in [0, 0.1) is 11.3 Å².